The highest BCUT2D eigenvalue weighted by atomic mass is 14.9. The number of rotatable bonds is 6. The van der Waals surface area contributed by atoms with Crippen LogP contribution in [0, 0.1) is 0 Å². The first kappa shape index (κ1) is 11.8. The standard InChI is InChI=1S/C14H21N/c1-4-5-6-10-15-14-9-7-8-13(11-14)12(2)3/h4,7-9,11-12,15H,1,5-6,10H2,2-3H3. The zero-order valence-corrected chi connectivity index (χ0v) is 9.79. The van der Waals surface area contributed by atoms with Gasteiger partial charge in [-0.1, -0.05) is 32.1 Å². The molecule has 0 aliphatic carbocycles. The van der Waals surface area contributed by atoms with E-state index in [1.54, 1.807) is 0 Å². The summed E-state index contributed by atoms with van der Waals surface area (Å²) in [5.41, 5.74) is 2.62. The number of benzene rings is 1. The molecule has 15 heavy (non-hydrogen) atoms. The Morgan fingerprint density at radius 1 is 1.40 bits per heavy atom. The fraction of sp³-hybridized carbons (Fsp3) is 0.429. The predicted octanol–water partition coefficient (Wildman–Crippen LogP) is 4.19. The van der Waals surface area contributed by atoms with E-state index < -0.39 is 0 Å². The average Bonchev–Trinajstić information content (AvgIpc) is 2.25. The van der Waals surface area contributed by atoms with Gasteiger partial charge < -0.3 is 5.32 Å². The van der Waals surface area contributed by atoms with E-state index in [-0.39, 0.29) is 0 Å². The molecule has 1 N–H and O–H groups in total. The topological polar surface area (TPSA) is 12.0 Å². The van der Waals surface area contributed by atoms with E-state index >= 15 is 0 Å². The van der Waals surface area contributed by atoms with Crippen LogP contribution in [0.5, 0.6) is 0 Å². The zero-order valence-electron chi connectivity index (χ0n) is 9.79. The van der Waals surface area contributed by atoms with Gasteiger partial charge in [-0.25, -0.2) is 0 Å². The van der Waals surface area contributed by atoms with Crippen molar-refractivity contribution in [3.05, 3.63) is 42.5 Å². The molecule has 0 saturated carbocycles. The minimum absolute atomic E-state index is 0.597. The highest BCUT2D eigenvalue weighted by Gasteiger charge is 1.99. The molecule has 1 rings (SSSR count). The second-order valence-corrected chi connectivity index (χ2v) is 4.14. The Balaban J connectivity index is 2.46. The Kier molecular flexibility index (Phi) is 4.96. The number of unbranched alkanes of at least 4 members (excludes halogenated alkanes) is 1. The molecule has 0 bridgehead atoms. The van der Waals surface area contributed by atoms with Gasteiger partial charge in [-0.2, -0.15) is 0 Å². The maximum atomic E-state index is 3.71. The molecule has 0 radical (unpaired) electrons. The lowest BCUT2D eigenvalue weighted by Gasteiger charge is -2.09. The first-order valence-electron chi connectivity index (χ1n) is 5.68. The fourth-order valence-corrected chi connectivity index (χ4v) is 1.49. The van der Waals surface area contributed by atoms with E-state index in [1.807, 2.05) is 6.08 Å². The Hall–Kier alpha value is -1.24. The van der Waals surface area contributed by atoms with Gasteiger partial charge in [0.2, 0.25) is 0 Å². The van der Waals surface area contributed by atoms with E-state index in [2.05, 4.69) is 50.0 Å². The van der Waals surface area contributed by atoms with E-state index in [9.17, 15) is 0 Å². The molecule has 0 heterocycles. The van der Waals surface area contributed by atoms with E-state index in [1.165, 1.54) is 11.3 Å². The summed E-state index contributed by atoms with van der Waals surface area (Å²) >= 11 is 0. The van der Waals surface area contributed by atoms with Crippen molar-refractivity contribution in [2.75, 3.05) is 11.9 Å². The molecule has 0 spiro atoms. The zero-order chi connectivity index (χ0) is 11.1. The van der Waals surface area contributed by atoms with Gasteiger partial charge in [0.1, 0.15) is 0 Å². The van der Waals surface area contributed by atoms with Crippen LogP contribution in [0.3, 0.4) is 0 Å². The van der Waals surface area contributed by atoms with Crippen LogP contribution in [-0.4, -0.2) is 6.54 Å². The van der Waals surface area contributed by atoms with Gasteiger partial charge in [0, 0.05) is 12.2 Å². The van der Waals surface area contributed by atoms with Crippen LogP contribution in [0.1, 0.15) is 38.2 Å². The smallest absolute Gasteiger partial charge is 0.0343 e. The van der Waals surface area contributed by atoms with Crippen molar-refractivity contribution in [2.45, 2.75) is 32.6 Å². The monoisotopic (exact) mass is 203 g/mol. The van der Waals surface area contributed by atoms with E-state index in [4.69, 9.17) is 0 Å². The van der Waals surface area contributed by atoms with Crippen LogP contribution in [0.4, 0.5) is 5.69 Å². The maximum Gasteiger partial charge on any atom is 0.0343 e. The first-order chi connectivity index (χ1) is 7.24. The Bertz CT molecular complexity index is 302. The van der Waals surface area contributed by atoms with Crippen molar-refractivity contribution < 1.29 is 0 Å². The second-order valence-electron chi connectivity index (χ2n) is 4.14. The quantitative estimate of drug-likeness (QED) is 0.540. The lowest BCUT2D eigenvalue weighted by atomic mass is 10.0. The van der Waals surface area contributed by atoms with Gasteiger partial charge in [0.05, 0.1) is 0 Å². The molecule has 0 aliphatic heterocycles. The third kappa shape index (κ3) is 4.20. The van der Waals surface area contributed by atoms with Crippen molar-refractivity contribution in [1.82, 2.24) is 0 Å². The van der Waals surface area contributed by atoms with Gasteiger partial charge in [-0.15, -0.1) is 6.58 Å². The van der Waals surface area contributed by atoms with Gasteiger partial charge in [0.15, 0.2) is 0 Å². The average molecular weight is 203 g/mol. The highest BCUT2D eigenvalue weighted by Crippen LogP contribution is 2.18. The number of allylic oxidation sites excluding steroid dienone is 1. The van der Waals surface area contributed by atoms with Crippen molar-refractivity contribution in [3.63, 3.8) is 0 Å². The van der Waals surface area contributed by atoms with Crippen LogP contribution in [0.15, 0.2) is 36.9 Å². The summed E-state index contributed by atoms with van der Waals surface area (Å²) < 4.78 is 0. The van der Waals surface area contributed by atoms with E-state index in [0.29, 0.717) is 5.92 Å². The summed E-state index contributed by atoms with van der Waals surface area (Å²) in [6, 6.07) is 8.66. The molecule has 1 aromatic rings. The Morgan fingerprint density at radius 2 is 2.20 bits per heavy atom. The largest absolute Gasteiger partial charge is 0.385 e. The number of nitrogens with one attached hydrogen (secondary N) is 1. The van der Waals surface area contributed by atoms with Gasteiger partial charge >= 0.3 is 0 Å². The summed E-state index contributed by atoms with van der Waals surface area (Å²) in [6.07, 6.45) is 4.19. The summed E-state index contributed by atoms with van der Waals surface area (Å²) in [5, 5.41) is 3.43. The van der Waals surface area contributed by atoms with Crippen LogP contribution >= 0.6 is 0 Å². The van der Waals surface area contributed by atoms with Crippen LogP contribution in [-0.2, 0) is 0 Å². The van der Waals surface area contributed by atoms with Crippen molar-refractivity contribution >= 4 is 5.69 Å². The molecule has 0 aliphatic rings. The molecule has 0 saturated heterocycles. The lowest BCUT2D eigenvalue weighted by molar-refractivity contribution is 0.863. The molecule has 0 aromatic heterocycles. The van der Waals surface area contributed by atoms with Crippen molar-refractivity contribution in [1.29, 1.82) is 0 Å². The molecule has 1 aromatic carbocycles. The SMILES string of the molecule is C=CCCCNc1cccc(C(C)C)c1. The third-order valence-corrected chi connectivity index (χ3v) is 2.47. The van der Waals surface area contributed by atoms with Gasteiger partial charge in [0.25, 0.3) is 0 Å². The van der Waals surface area contributed by atoms with Gasteiger partial charge in [-0.3, -0.25) is 0 Å². The molecular formula is C14H21N. The highest BCUT2D eigenvalue weighted by molar-refractivity contribution is 5.46. The normalized spacial score (nSPS) is 10.3. The second kappa shape index (κ2) is 6.28. The van der Waals surface area contributed by atoms with Crippen LogP contribution < -0.4 is 5.32 Å². The number of anilines is 1. The molecule has 1 heteroatoms. The summed E-state index contributed by atoms with van der Waals surface area (Å²) in [4.78, 5) is 0. The molecule has 1 nitrogen and oxygen atoms in total. The minimum atomic E-state index is 0.597. The predicted molar refractivity (Wildman–Crippen MR) is 68.5 cm³/mol. The molecule has 0 amide bonds. The minimum Gasteiger partial charge on any atom is -0.385 e. The Labute approximate surface area is 93.2 Å². The third-order valence-electron chi connectivity index (χ3n) is 2.47. The first-order valence-corrected chi connectivity index (χ1v) is 5.68. The number of hydrogen-bond donors (Lipinski definition) is 1. The summed E-state index contributed by atoms with van der Waals surface area (Å²) in [5.74, 6) is 0.597. The van der Waals surface area contributed by atoms with Crippen LogP contribution in [0.25, 0.3) is 0 Å². The Morgan fingerprint density at radius 3 is 2.87 bits per heavy atom. The van der Waals surface area contributed by atoms with Crippen LogP contribution in [0.2, 0.25) is 0 Å². The summed E-state index contributed by atoms with van der Waals surface area (Å²) in [7, 11) is 0. The molecule has 0 atom stereocenters. The molecule has 82 valence electrons. The summed E-state index contributed by atoms with van der Waals surface area (Å²) in [6.45, 7) is 9.17. The molecular weight excluding hydrogens is 182 g/mol. The molecule has 0 unspecified atom stereocenters. The lowest BCUT2D eigenvalue weighted by Crippen LogP contribution is -2.01. The van der Waals surface area contributed by atoms with E-state index in [0.717, 1.165) is 19.4 Å². The van der Waals surface area contributed by atoms with Gasteiger partial charge in [-0.05, 0) is 36.5 Å². The maximum absolute atomic E-state index is 3.71. The molecule has 0 fully saturated rings. The number of hydrogen-bond acceptors (Lipinski definition) is 1. The van der Waals surface area contributed by atoms with Crippen molar-refractivity contribution in [2.24, 2.45) is 0 Å². The fourth-order valence-electron chi connectivity index (χ4n) is 1.49. The van der Waals surface area contributed by atoms with Crippen molar-refractivity contribution in [3.8, 4) is 0 Å².